The first kappa shape index (κ1) is 12.6. The highest BCUT2D eigenvalue weighted by Gasteiger charge is 2.12. The molecule has 4 aromatic rings. The molecule has 4 rings (SSSR count). The van der Waals surface area contributed by atoms with Crippen LogP contribution in [0.15, 0.2) is 63.8 Å². The molecule has 2 nitrogen and oxygen atoms in total. The molecule has 0 saturated carbocycles. The molecule has 0 spiro atoms. The van der Waals surface area contributed by atoms with Gasteiger partial charge >= 0.3 is 0 Å². The zero-order valence-electron chi connectivity index (χ0n) is 11.1. The maximum atomic E-state index is 12.7. The lowest BCUT2D eigenvalue weighted by Crippen LogP contribution is -2.03. The van der Waals surface area contributed by atoms with Crippen molar-refractivity contribution in [2.45, 2.75) is 5.33 Å². The van der Waals surface area contributed by atoms with Crippen LogP contribution in [0.25, 0.3) is 32.7 Å². The molecule has 1 aromatic heterocycles. The Morgan fingerprint density at radius 3 is 2.43 bits per heavy atom. The number of hydrogen-bond acceptors (Lipinski definition) is 2. The predicted octanol–water partition coefficient (Wildman–Crippen LogP) is 4.99. The van der Waals surface area contributed by atoms with Crippen LogP contribution in [0.1, 0.15) is 5.56 Å². The Morgan fingerprint density at radius 2 is 1.57 bits per heavy atom. The van der Waals surface area contributed by atoms with E-state index in [1.54, 1.807) is 0 Å². The van der Waals surface area contributed by atoms with Crippen LogP contribution in [0, 0.1) is 0 Å². The number of hydrogen-bond donors (Lipinski definition) is 0. The van der Waals surface area contributed by atoms with E-state index in [-0.39, 0.29) is 5.43 Å². The van der Waals surface area contributed by atoms with Crippen LogP contribution in [0.3, 0.4) is 0 Å². The van der Waals surface area contributed by atoms with Crippen molar-refractivity contribution in [1.29, 1.82) is 0 Å². The second-order valence-corrected chi connectivity index (χ2v) is 5.58. The first-order valence-electron chi connectivity index (χ1n) is 6.72. The summed E-state index contributed by atoms with van der Waals surface area (Å²) in [5.74, 6) is 0. The van der Waals surface area contributed by atoms with Gasteiger partial charge in [0.2, 0.25) is 5.43 Å². The first-order valence-corrected chi connectivity index (χ1v) is 7.84. The highest BCUT2D eigenvalue weighted by molar-refractivity contribution is 9.08. The summed E-state index contributed by atoms with van der Waals surface area (Å²) in [6.45, 7) is 0. The highest BCUT2D eigenvalue weighted by atomic mass is 79.9. The van der Waals surface area contributed by atoms with Crippen LogP contribution in [-0.4, -0.2) is 0 Å². The third kappa shape index (κ3) is 1.81. The molecule has 0 fully saturated rings. The van der Waals surface area contributed by atoms with Gasteiger partial charge in [-0.1, -0.05) is 58.4 Å². The number of fused-ring (bicyclic) bond motifs is 4. The smallest absolute Gasteiger partial charge is 0.200 e. The van der Waals surface area contributed by atoms with Crippen molar-refractivity contribution >= 4 is 48.6 Å². The van der Waals surface area contributed by atoms with Gasteiger partial charge in [-0.3, -0.25) is 4.79 Å². The molecule has 0 aliphatic carbocycles. The van der Waals surface area contributed by atoms with Gasteiger partial charge in [-0.15, -0.1) is 0 Å². The number of rotatable bonds is 1. The fraction of sp³-hybridized carbons (Fsp3) is 0.0556. The van der Waals surface area contributed by atoms with E-state index in [4.69, 9.17) is 4.42 Å². The van der Waals surface area contributed by atoms with Gasteiger partial charge in [-0.2, -0.15) is 0 Å². The lowest BCUT2D eigenvalue weighted by molar-refractivity contribution is 0.660. The molecule has 0 atom stereocenters. The highest BCUT2D eigenvalue weighted by Crippen LogP contribution is 2.28. The van der Waals surface area contributed by atoms with Gasteiger partial charge in [-0.05, 0) is 17.5 Å². The first-order chi connectivity index (χ1) is 10.3. The topological polar surface area (TPSA) is 30.2 Å². The van der Waals surface area contributed by atoms with Crippen LogP contribution in [0.4, 0.5) is 0 Å². The summed E-state index contributed by atoms with van der Waals surface area (Å²) in [6, 6.07) is 17.5. The van der Waals surface area contributed by atoms with E-state index in [2.05, 4.69) is 15.9 Å². The Morgan fingerprint density at radius 1 is 0.810 bits per heavy atom. The molecule has 3 heteroatoms. The van der Waals surface area contributed by atoms with E-state index in [1.165, 1.54) is 0 Å². The third-order valence-corrected chi connectivity index (χ3v) is 4.42. The monoisotopic (exact) mass is 338 g/mol. The molecule has 102 valence electrons. The maximum Gasteiger partial charge on any atom is 0.200 e. The van der Waals surface area contributed by atoms with Crippen LogP contribution >= 0.6 is 15.9 Å². The largest absolute Gasteiger partial charge is 0.455 e. The van der Waals surface area contributed by atoms with Crippen molar-refractivity contribution < 1.29 is 4.42 Å². The van der Waals surface area contributed by atoms with Crippen LogP contribution in [0.5, 0.6) is 0 Å². The number of benzene rings is 3. The summed E-state index contributed by atoms with van der Waals surface area (Å²) >= 11 is 3.45. The van der Waals surface area contributed by atoms with Gasteiger partial charge in [0.25, 0.3) is 0 Å². The van der Waals surface area contributed by atoms with Crippen molar-refractivity contribution in [1.82, 2.24) is 0 Å². The van der Waals surface area contributed by atoms with Gasteiger partial charge in [0, 0.05) is 16.3 Å². The van der Waals surface area contributed by atoms with Gasteiger partial charge in [0.15, 0.2) is 0 Å². The molecule has 0 bridgehead atoms. The lowest BCUT2D eigenvalue weighted by atomic mass is 10.0. The van der Waals surface area contributed by atoms with E-state index < -0.39 is 0 Å². The van der Waals surface area contributed by atoms with Gasteiger partial charge in [0.1, 0.15) is 11.2 Å². The molecule has 1 heterocycles. The van der Waals surface area contributed by atoms with E-state index in [0.717, 1.165) is 16.3 Å². The minimum Gasteiger partial charge on any atom is -0.455 e. The Hall–Kier alpha value is -2.13. The van der Waals surface area contributed by atoms with Gasteiger partial charge in [-0.25, -0.2) is 0 Å². The molecule has 0 N–H and O–H groups in total. The second kappa shape index (κ2) is 4.71. The molecule has 0 saturated heterocycles. The Kier molecular flexibility index (Phi) is 2.82. The average Bonchev–Trinajstić information content (AvgIpc) is 2.54. The molecule has 0 unspecified atom stereocenters. The molecular weight excluding hydrogens is 328 g/mol. The quantitative estimate of drug-likeness (QED) is 0.278. The van der Waals surface area contributed by atoms with E-state index >= 15 is 0 Å². The zero-order chi connectivity index (χ0) is 14.4. The summed E-state index contributed by atoms with van der Waals surface area (Å²) in [7, 11) is 0. The third-order valence-electron chi connectivity index (χ3n) is 3.81. The maximum absolute atomic E-state index is 12.7. The molecule has 3 aromatic carbocycles. The van der Waals surface area contributed by atoms with Crippen LogP contribution in [-0.2, 0) is 5.33 Å². The SMILES string of the molecule is O=c1c2cccc(CBr)c2oc2c1ccc1ccccc12. The summed E-state index contributed by atoms with van der Waals surface area (Å²) < 4.78 is 6.13. The number of para-hydroxylation sites is 1. The second-order valence-electron chi connectivity index (χ2n) is 5.02. The van der Waals surface area contributed by atoms with Crippen molar-refractivity contribution in [3.63, 3.8) is 0 Å². The number of halogens is 1. The van der Waals surface area contributed by atoms with E-state index in [1.807, 2.05) is 54.6 Å². The van der Waals surface area contributed by atoms with Crippen LogP contribution in [0.2, 0.25) is 0 Å². The Labute approximate surface area is 129 Å². The minimum atomic E-state index is 0.0276. The van der Waals surface area contributed by atoms with Crippen molar-refractivity contribution in [2.24, 2.45) is 0 Å². The normalized spacial score (nSPS) is 11.5. The fourth-order valence-corrected chi connectivity index (χ4v) is 3.21. The van der Waals surface area contributed by atoms with Crippen molar-refractivity contribution in [3.8, 4) is 0 Å². The van der Waals surface area contributed by atoms with Crippen molar-refractivity contribution in [2.75, 3.05) is 0 Å². The number of alkyl halides is 1. The summed E-state index contributed by atoms with van der Waals surface area (Å²) in [6.07, 6.45) is 0. The Bertz CT molecular complexity index is 1050. The van der Waals surface area contributed by atoms with Crippen molar-refractivity contribution in [3.05, 3.63) is 70.4 Å². The standard InChI is InChI=1S/C18H11BrO2/c19-10-12-5-3-7-14-16(20)15-9-8-11-4-1-2-6-13(11)18(15)21-17(12)14/h1-9H,10H2. The van der Waals surface area contributed by atoms with Gasteiger partial charge < -0.3 is 4.42 Å². The fourth-order valence-electron chi connectivity index (χ4n) is 2.77. The van der Waals surface area contributed by atoms with Gasteiger partial charge in [0.05, 0.1) is 10.8 Å². The molecule has 0 aliphatic heterocycles. The van der Waals surface area contributed by atoms with Crippen LogP contribution < -0.4 is 5.43 Å². The molecule has 0 amide bonds. The zero-order valence-corrected chi connectivity index (χ0v) is 12.7. The molecular formula is C18H11BrO2. The molecule has 21 heavy (non-hydrogen) atoms. The lowest BCUT2D eigenvalue weighted by Gasteiger charge is -2.07. The summed E-state index contributed by atoms with van der Waals surface area (Å²) in [4.78, 5) is 12.7. The summed E-state index contributed by atoms with van der Waals surface area (Å²) in [5, 5.41) is 3.97. The Balaban J connectivity index is 2.32. The average molecular weight is 339 g/mol. The molecule has 0 aliphatic rings. The minimum absolute atomic E-state index is 0.0276. The summed E-state index contributed by atoms with van der Waals surface area (Å²) in [5.41, 5.74) is 2.35. The van der Waals surface area contributed by atoms with E-state index in [9.17, 15) is 4.79 Å². The predicted molar refractivity (Wildman–Crippen MR) is 90.1 cm³/mol. The molecule has 0 radical (unpaired) electrons. The van der Waals surface area contributed by atoms with E-state index in [0.29, 0.717) is 27.3 Å².